The van der Waals surface area contributed by atoms with Crippen molar-refractivity contribution in [3.05, 3.63) is 25.1 Å². The van der Waals surface area contributed by atoms with Gasteiger partial charge < -0.3 is 19.7 Å². The van der Waals surface area contributed by atoms with Gasteiger partial charge in [0.05, 0.1) is 19.0 Å². The Hall–Kier alpha value is -2.63. The molecule has 0 saturated carbocycles. The van der Waals surface area contributed by atoms with Gasteiger partial charge >= 0.3 is 12.2 Å². The predicted molar refractivity (Wildman–Crippen MR) is 82.1 cm³/mol. The van der Waals surface area contributed by atoms with Crippen LogP contribution in [-0.2, 0) is 9.47 Å². The van der Waals surface area contributed by atoms with E-state index in [4.69, 9.17) is 14.6 Å². The van der Waals surface area contributed by atoms with Crippen molar-refractivity contribution in [2.45, 2.75) is 24.9 Å². The molecule has 1 unspecified atom stereocenters. The first-order valence-corrected chi connectivity index (χ1v) is 7.42. The topological polar surface area (TPSA) is 132 Å². The van der Waals surface area contributed by atoms with E-state index < -0.39 is 30.6 Å². The molecule has 3 rings (SSSR count). The number of aliphatic hydroxyl groups excluding tert-OH is 2. The Morgan fingerprint density at radius 3 is 3.08 bits per heavy atom. The largest absolute Gasteiger partial charge is 0.445 e. The van der Waals surface area contributed by atoms with Gasteiger partial charge in [-0.2, -0.15) is 14.4 Å². The average Bonchev–Trinajstić information content (AvgIpc) is 3.15. The van der Waals surface area contributed by atoms with E-state index in [1.807, 2.05) is 0 Å². The van der Waals surface area contributed by atoms with Crippen molar-refractivity contribution in [1.29, 1.82) is 0 Å². The van der Waals surface area contributed by atoms with Crippen LogP contribution in [0.2, 0.25) is 0 Å². The van der Waals surface area contributed by atoms with Crippen molar-refractivity contribution >= 4 is 23.1 Å². The third-order valence-corrected chi connectivity index (χ3v) is 3.64. The molecule has 134 valence electrons. The monoisotopic (exact) mass is 353 g/mol. The summed E-state index contributed by atoms with van der Waals surface area (Å²) >= 11 is 0. The summed E-state index contributed by atoms with van der Waals surface area (Å²) in [6.07, 6.45) is -1.35. The minimum Gasteiger partial charge on any atom is -0.445 e. The highest BCUT2D eigenvalue weighted by molar-refractivity contribution is 5.93. The second-order valence-corrected chi connectivity index (χ2v) is 5.29. The van der Waals surface area contributed by atoms with Crippen LogP contribution in [0.1, 0.15) is 12.6 Å². The molecule has 25 heavy (non-hydrogen) atoms. The third kappa shape index (κ3) is 3.43. The van der Waals surface area contributed by atoms with Gasteiger partial charge in [0.2, 0.25) is 0 Å². The summed E-state index contributed by atoms with van der Waals surface area (Å²) < 4.78 is 25.4. The molecule has 0 aliphatic carbocycles. The molecule has 1 fully saturated rings. The Balaban J connectivity index is 1.91. The number of imidazole rings is 1. The normalized spacial score (nSPS) is 22.9. The molecule has 3 heterocycles. The molecule has 11 heteroatoms. The maximum Gasteiger partial charge on any atom is 0.413 e. The van der Waals surface area contributed by atoms with Crippen molar-refractivity contribution in [1.82, 2.24) is 19.5 Å². The van der Waals surface area contributed by atoms with E-state index in [1.54, 1.807) is 0 Å². The van der Waals surface area contributed by atoms with E-state index >= 15 is 0 Å². The Morgan fingerprint density at radius 2 is 2.40 bits per heavy atom. The molecule has 0 bridgehead atoms. The Kier molecular flexibility index (Phi) is 4.88. The molecule has 0 radical (unpaired) electrons. The molecule has 1 amide bonds. The van der Waals surface area contributed by atoms with Crippen molar-refractivity contribution in [3.63, 3.8) is 0 Å². The van der Waals surface area contributed by atoms with Gasteiger partial charge in [0.25, 0.3) is 0 Å². The van der Waals surface area contributed by atoms with Crippen molar-refractivity contribution in [3.8, 4) is 0 Å². The molecule has 1 aliphatic rings. The van der Waals surface area contributed by atoms with Crippen LogP contribution in [0.25, 0.3) is 11.2 Å². The van der Waals surface area contributed by atoms with Crippen LogP contribution < -0.4 is 5.32 Å². The molecule has 0 spiro atoms. The number of carbonyl (C=O) groups is 1. The number of carbonyl (C=O) groups excluding carboxylic acids is 1. The highest BCUT2D eigenvalue weighted by Gasteiger charge is 2.35. The second kappa shape index (κ2) is 7.09. The summed E-state index contributed by atoms with van der Waals surface area (Å²) in [6, 6.07) is 0. The molecular weight excluding hydrogens is 337 g/mol. The molecule has 2 aromatic heterocycles. The summed E-state index contributed by atoms with van der Waals surface area (Å²) in [5.41, 5.74) is 0.199. The lowest BCUT2D eigenvalue weighted by Gasteiger charge is -2.13. The van der Waals surface area contributed by atoms with E-state index in [0.717, 1.165) is 0 Å². The number of aliphatic hydroxyl groups is 2. The summed E-state index contributed by atoms with van der Waals surface area (Å²) in [7, 11) is 0. The number of fused-ring (bicyclic) bond motifs is 1. The standard InChI is InChI=1S/C14H16FN5O5/c1-2-3-24-14(23)18-11-10-12(19-13(15)17-11)20(6-16-10)9-4-7(22)8(5-21)25-9/h2,6-9,21-22H,1,3-5H2,(H,17,18,19,23)/t7?,8-,9-/m1/s1. The zero-order chi connectivity index (χ0) is 18.0. The number of halogens is 1. The average molecular weight is 353 g/mol. The summed E-state index contributed by atoms with van der Waals surface area (Å²) in [4.78, 5) is 22.9. The first kappa shape index (κ1) is 17.2. The van der Waals surface area contributed by atoms with E-state index in [2.05, 4.69) is 26.8 Å². The van der Waals surface area contributed by atoms with Gasteiger partial charge in [-0.25, -0.2) is 9.78 Å². The molecule has 3 atom stereocenters. The number of ether oxygens (including phenoxy) is 2. The van der Waals surface area contributed by atoms with Gasteiger partial charge in [-0.3, -0.25) is 9.88 Å². The van der Waals surface area contributed by atoms with Crippen LogP contribution in [0.5, 0.6) is 0 Å². The fourth-order valence-corrected chi connectivity index (χ4v) is 2.51. The maximum atomic E-state index is 13.8. The maximum absolute atomic E-state index is 13.8. The van der Waals surface area contributed by atoms with Crippen LogP contribution in [0.15, 0.2) is 19.0 Å². The summed E-state index contributed by atoms with van der Waals surface area (Å²) in [6.45, 7) is 3.04. The lowest BCUT2D eigenvalue weighted by atomic mass is 10.2. The lowest BCUT2D eigenvalue weighted by molar-refractivity contribution is -0.0432. The third-order valence-electron chi connectivity index (χ3n) is 3.64. The molecular formula is C14H16FN5O5. The predicted octanol–water partition coefficient (Wildman–Crippen LogP) is 0.341. The molecule has 1 saturated heterocycles. The van der Waals surface area contributed by atoms with Gasteiger partial charge in [-0.1, -0.05) is 12.7 Å². The zero-order valence-corrected chi connectivity index (χ0v) is 13.0. The number of aromatic nitrogens is 4. The SMILES string of the molecule is C=CCOC(=O)Nc1nc(F)nc2c1ncn2[C@H]1CC(O)[C@@H](CO)O1. The fourth-order valence-electron chi connectivity index (χ4n) is 2.51. The molecule has 3 N–H and O–H groups in total. The smallest absolute Gasteiger partial charge is 0.413 e. The van der Waals surface area contributed by atoms with Crippen molar-refractivity contribution in [2.24, 2.45) is 0 Å². The number of amides is 1. The summed E-state index contributed by atoms with van der Waals surface area (Å²) in [5.74, 6) is -0.160. The quantitative estimate of drug-likeness (QED) is 0.518. The first-order valence-electron chi connectivity index (χ1n) is 7.42. The van der Waals surface area contributed by atoms with Crippen LogP contribution in [0.3, 0.4) is 0 Å². The van der Waals surface area contributed by atoms with Gasteiger partial charge in [0, 0.05) is 6.42 Å². The number of nitrogens with zero attached hydrogens (tertiary/aromatic N) is 4. The van der Waals surface area contributed by atoms with E-state index in [1.165, 1.54) is 17.0 Å². The van der Waals surface area contributed by atoms with Gasteiger partial charge in [0.15, 0.2) is 17.0 Å². The number of nitrogens with one attached hydrogen (secondary N) is 1. The van der Waals surface area contributed by atoms with Gasteiger partial charge in [-0.15, -0.1) is 0 Å². The highest BCUT2D eigenvalue weighted by atomic mass is 19.1. The second-order valence-electron chi connectivity index (χ2n) is 5.29. The van der Waals surface area contributed by atoms with Gasteiger partial charge in [0.1, 0.15) is 18.9 Å². The van der Waals surface area contributed by atoms with Crippen molar-refractivity contribution < 1.29 is 28.9 Å². The van der Waals surface area contributed by atoms with E-state index in [9.17, 15) is 14.3 Å². The molecule has 10 nitrogen and oxygen atoms in total. The zero-order valence-electron chi connectivity index (χ0n) is 13.0. The Morgan fingerprint density at radius 1 is 1.60 bits per heavy atom. The van der Waals surface area contributed by atoms with Crippen LogP contribution in [0, 0.1) is 6.08 Å². The molecule has 1 aliphatic heterocycles. The number of hydrogen-bond donors (Lipinski definition) is 3. The van der Waals surface area contributed by atoms with E-state index in [-0.39, 0.29) is 36.6 Å². The highest BCUT2D eigenvalue weighted by Crippen LogP contribution is 2.31. The van der Waals surface area contributed by atoms with E-state index in [0.29, 0.717) is 0 Å². The van der Waals surface area contributed by atoms with Crippen LogP contribution in [0.4, 0.5) is 15.0 Å². The van der Waals surface area contributed by atoms with Crippen molar-refractivity contribution in [2.75, 3.05) is 18.5 Å². The number of hydrogen-bond acceptors (Lipinski definition) is 8. The van der Waals surface area contributed by atoms with Crippen LogP contribution in [-0.4, -0.2) is 61.2 Å². The Bertz CT molecular complexity index is 797. The first-order chi connectivity index (χ1) is 12.0. The molecule has 0 aromatic carbocycles. The van der Waals surface area contributed by atoms with Crippen LogP contribution >= 0.6 is 0 Å². The minimum absolute atomic E-state index is 0.0205. The van der Waals surface area contributed by atoms with Gasteiger partial charge in [-0.05, 0) is 0 Å². The number of anilines is 1. The minimum atomic E-state index is -1.08. The lowest BCUT2D eigenvalue weighted by Crippen LogP contribution is -2.24. The Labute approximate surface area is 140 Å². The molecule has 2 aromatic rings. The number of rotatable bonds is 5. The fraction of sp³-hybridized carbons (Fsp3) is 0.429. The summed E-state index contributed by atoms with van der Waals surface area (Å²) in [5, 5.41) is 21.3.